The summed E-state index contributed by atoms with van der Waals surface area (Å²) in [5.74, 6) is 1.37. The van der Waals surface area contributed by atoms with Crippen molar-refractivity contribution in [2.45, 2.75) is 13.0 Å². The van der Waals surface area contributed by atoms with E-state index in [0.717, 1.165) is 11.1 Å². The van der Waals surface area contributed by atoms with Crippen molar-refractivity contribution in [3.05, 3.63) is 65.9 Å². The Bertz CT molecular complexity index is 890. The van der Waals surface area contributed by atoms with Crippen LogP contribution in [-0.2, 0) is 0 Å². The zero-order chi connectivity index (χ0) is 18.5. The molecule has 26 heavy (non-hydrogen) atoms. The summed E-state index contributed by atoms with van der Waals surface area (Å²) in [6.45, 7) is 1.92. The fraction of sp³-hybridized carbons (Fsp3) is 0.200. The first-order valence-electron chi connectivity index (χ1n) is 8.17. The number of nitrogens with zero attached hydrogens (tertiary/aromatic N) is 1. The molecule has 0 spiro atoms. The second-order valence-corrected chi connectivity index (χ2v) is 5.75. The third-order valence-corrected chi connectivity index (χ3v) is 4.06. The first-order valence-corrected chi connectivity index (χ1v) is 8.17. The minimum atomic E-state index is -0.295. The summed E-state index contributed by atoms with van der Waals surface area (Å²) in [6, 6.07) is 16.6. The molecule has 0 aliphatic rings. The quantitative estimate of drug-likeness (QED) is 0.729. The van der Waals surface area contributed by atoms with Crippen LogP contribution in [0.15, 0.2) is 59.1 Å². The summed E-state index contributed by atoms with van der Waals surface area (Å²) in [5, 5.41) is 6.79. The summed E-state index contributed by atoms with van der Waals surface area (Å²) < 4.78 is 15.8. The molecule has 6 nitrogen and oxygen atoms in total. The molecule has 1 unspecified atom stereocenters. The van der Waals surface area contributed by atoms with Gasteiger partial charge in [-0.1, -0.05) is 35.5 Å². The Kier molecular flexibility index (Phi) is 5.22. The van der Waals surface area contributed by atoms with Crippen LogP contribution in [0.5, 0.6) is 11.5 Å². The average Bonchev–Trinajstić information content (AvgIpc) is 3.18. The van der Waals surface area contributed by atoms with Crippen LogP contribution < -0.4 is 14.8 Å². The van der Waals surface area contributed by atoms with Crippen molar-refractivity contribution >= 4 is 5.91 Å². The van der Waals surface area contributed by atoms with Crippen LogP contribution >= 0.6 is 0 Å². The van der Waals surface area contributed by atoms with Crippen molar-refractivity contribution in [3.8, 4) is 22.8 Å². The maximum atomic E-state index is 12.4. The largest absolute Gasteiger partial charge is 0.493 e. The third kappa shape index (κ3) is 3.69. The second-order valence-electron chi connectivity index (χ2n) is 5.75. The van der Waals surface area contributed by atoms with Gasteiger partial charge in [-0.2, -0.15) is 0 Å². The Morgan fingerprint density at radius 3 is 2.46 bits per heavy atom. The van der Waals surface area contributed by atoms with E-state index in [1.807, 2.05) is 43.3 Å². The Labute approximate surface area is 151 Å². The molecule has 2 aromatic carbocycles. The van der Waals surface area contributed by atoms with Crippen molar-refractivity contribution in [1.82, 2.24) is 10.5 Å². The van der Waals surface area contributed by atoms with E-state index in [4.69, 9.17) is 14.0 Å². The fourth-order valence-corrected chi connectivity index (χ4v) is 2.60. The number of methoxy groups -OCH3 is 2. The highest BCUT2D eigenvalue weighted by Crippen LogP contribution is 2.32. The predicted molar refractivity (Wildman–Crippen MR) is 97.4 cm³/mol. The lowest BCUT2D eigenvalue weighted by Crippen LogP contribution is -2.26. The summed E-state index contributed by atoms with van der Waals surface area (Å²) in [5.41, 5.74) is 1.98. The topological polar surface area (TPSA) is 73.6 Å². The van der Waals surface area contributed by atoms with Gasteiger partial charge >= 0.3 is 0 Å². The number of aromatic nitrogens is 1. The molecule has 1 atom stereocenters. The number of carbonyl (C=O) groups excluding carboxylic acids is 1. The number of carbonyl (C=O) groups is 1. The molecule has 0 radical (unpaired) electrons. The lowest BCUT2D eigenvalue weighted by Gasteiger charge is -2.12. The molecule has 0 saturated carbocycles. The van der Waals surface area contributed by atoms with E-state index in [-0.39, 0.29) is 17.6 Å². The fourth-order valence-electron chi connectivity index (χ4n) is 2.60. The van der Waals surface area contributed by atoms with Gasteiger partial charge in [0.15, 0.2) is 23.0 Å². The molecule has 6 heteroatoms. The van der Waals surface area contributed by atoms with Crippen LogP contribution in [-0.4, -0.2) is 25.3 Å². The van der Waals surface area contributed by atoms with E-state index in [1.165, 1.54) is 0 Å². The lowest BCUT2D eigenvalue weighted by atomic mass is 10.1. The SMILES string of the molecule is COc1ccc(-c2cc(C(=O)NC(C)c3ccccc3)no2)cc1OC. The van der Waals surface area contributed by atoms with Gasteiger partial charge in [0, 0.05) is 11.6 Å². The van der Waals surface area contributed by atoms with E-state index in [0.29, 0.717) is 17.3 Å². The number of amides is 1. The minimum Gasteiger partial charge on any atom is -0.493 e. The van der Waals surface area contributed by atoms with E-state index >= 15 is 0 Å². The number of rotatable bonds is 6. The Hall–Kier alpha value is -3.28. The van der Waals surface area contributed by atoms with Gasteiger partial charge in [-0.05, 0) is 30.7 Å². The molecular weight excluding hydrogens is 332 g/mol. The van der Waals surface area contributed by atoms with E-state index < -0.39 is 0 Å². The smallest absolute Gasteiger partial charge is 0.273 e. The molecule has 0 saturated heterocycles. The van der Waals surface area contributed by atoms with Gasteiger partial charge in [0.1, 0.15) is 0 Å². The monoisotopic (exact) mass is 352 g/mol. The van der Waals surface area contributed by atoms with Crippen molar-refractivity contribution in [1.29, 1.82) is 0 Å². The number of ether oxygens (including phenoxy) is 2. The maximum absolute atomic E-state index is 12.4. The van der Waals surface area contributed by atoms with E-state index in [1.54, 1.807) is 32.4 Å². The number of benzene rings is 2. The zero-order valence-corrected chi connectivity index (χ0v) is 14.9. The maximum Gasteiger partial charge on any atom is 0.273 e. The molecule has 0 aliphatic heterocycles. The van der Waals surface area contributed by atoms with Gasteiger partial charge in [0.25, 0.3) is 5.91 Å². The summed E-state index contributed by atoms with van der Waals surface area (Å²) in [4.78, 5) is 12.4. The van der Waals surface area contributed by atoms with Crippen molar-refractivity contribution in [3.63, 3.8) is 0 Å². The standard InChI is InChI=1S/C20H20N2O4/c1-13(14-7-5-4-6-8-14)21-20(23)16-12-18(26-22-16)15-9-10-17(24-2)19(11-15)25-3/h4-13H,1-3H3,(H,21,23). The Balaban J connectivity index is 1.76. The molecule has 1 amide bonds. The Morgan fingerprint density at radius 1 is 1.04 bits per heavy atom. The predicted octanol–water partition coefficient (Wildman–Crippen LogP) is 3.85. The molecule has 0 fully saturated rings. The summed E-state index contributed by atoms with van der Waals surface area (Å²) in [7, 11) is 3.13. The summed E-state index contributed by atoms with van der Waals surface area (Å²) >= 11 is 0. The molecule has 3 aromatic rings. The molecule has 1 heterocycles. The molecule has 0 bridgehead atoms. The van der Waals surface area contributed by atoms with Crippen LogP contribution in [0.4, 0.5) is 0 Å². The van der Waals surface area contributed by atoms with Gasteiger partial charge in [-0.3, -0.25) is 4.79 Å². The van der Waals surface area contributed by atoms with Gasteiger partial charge < -0.3 is 19.3 Å². The lowest BCUT2D eigenvalue weighted by molar-refractivity contribution is 0.0931. The molecule has 1 N–H and O–H groups in total. The van der Waals surface area contributed by atoms with E-state index in [2.05, 4.69) is 10.5 Å². The molecule has 134 valence electrons. The van der Waals surface area contributed by atoms with Crippen LogP contribution in [0.1, 0.15) is 29.0 Å². The Morgan fingerprint density at radius 2 is 1.77 bits per heavy atom. The minimum absolute atomic E-state index is 0.134. The molecule has 3 rings (SSSR count). The first kappa shape index (κ1) is 17.5. The third-order valence-electron chi connectivity index (χ3n) is 4.06. The zero-order valence-electron chi connectivity index (χ0n) is 14.9. The van der Waals surface area contributed by atoms with Crippen LogP contribution in [0, 0.1) is 0 Å². The number of hydrogen-bond donors (Lipinski definition) is 1. The summed E-state index contributed by atoms with van der Waals surface area (Å²) in [6.07, 6.45) is 0. The van der Waals surface area contributed by atoms with Gasteiger partial charge in [0.05, 0.1) is 20.3 Å². The molecule has 0 aliphatic carbocycles. The normalized spacial score (nSPS) is 11.7. The highest BCUT2D eigenvalue weighted by atomic mass is 16.5. The van der Waals surface area contributed by atoms with Gasteiger partial charge in [-0.25, -0.2) is 0 Å². The highest BCUT2D eigenvalue weighted by Gasteiger charge is 2.17. The number of nitrogens with one attached hydrogen (secondary N) is 1. The van der Waals surface area contributed by atoms with Gasteiger partial charge in [-0.15, -0.1) is 0 Å². The highest BCUT2D eigenvalue weighted by molar-refractivity contribution is 5.93. The van der Waals surface area contributed by atoms with E-state index in [9.17, 15) is 4.79 Å². The van der Waals surface area contributed by atoms with Crippen LogP contribution in [0.2, 0.25) is 0 Å². The van der Waals surface area contributed by atoms with Crippen LogP contribution in [0.3, 0.4) is 0 Å². The first-order chi connectivity index (χ1) is 12.6. The van der Waals surface area contributed by atoms with Crippen molar-refractivity contribution < 1.29 is 18.8 Å². The molecule has 1 aromatic heterocycles. The average molecular weight is 352 g/mol. The second kappa shape index (κ2) is 7.74. The van der Waals surface area contributed by atoms with Crippen molar-refractivity contribution in [2.24, 2.45) is 0 Å². The molecular formula is C20H20N2O4. The van der Waals surface area contributed by atoms with Crippen LogP contribution in [0.25, 0.3) is 11.3 Å². The van der Waals surface area contributed by atoms with Crippen molar-refractivity contribution in [2.75, 3.05) is 14.2 Å². The van der Waals surface area contributed by atoms with Gasteiger partial charge in [0.2, 0.25) is 0 Å². The number of hydrogen-bond acceptors (Lipinski definition) is 5.